The predicted molar refractivity (Wildman–Crippen MR) is 95.4 cm³/mol. The maximum absolute atomic E-state index is 12.7. The molecular weight excluding hydrogens is 347 g/mol. The maximum atomic E-state index is 12.7. The third-order valence-corrected chi connectivity index (χ3v) is 4.79. The van der Waals surface area contributed by atoms with E-state index in [9.17, 15) is 4.79 Å². The van der Waals surface area contributed by atoms with Gasteiger partial charge in [-0.3, -0.25) is 4.79 Å². The van der Waals surface area contributed by atoms with E-state index in [2.05, 4.69) is 0 Å². The van der Waals surface area contributed by atoms with E-state index in [0.29, 0.717) is 40.9 Å². The van der Waals surface area contributed by atoms with E-state index in [1.54, 1.807) is 17.0 Å². The molecule has 0 saturated carbocycles. The van der Waals surface area contributed by atoms with E-state index in [-0.39, 0.29) is 5.91 Å². The Kier molecular flexibility index (Phi) is 4.99. The van der Waals surface area contributed by atoms with Crippen molar-refractivity contribution in [3.63, 3.8) is 0 Å². The molecule has 0 spiro atoms. The number of hydrogen-bond donors (Lipinski definition) is 1. The molecule has 0 bridgehead atoms. The molecular formula is C18H18Cl2N2O2. The molecule has 0 aromatic heterocycles. The first-order valence-electron chi connectivity index (χ1n) is 7.62. The van der Waals surface area contributed by atoms with Crippen molar-refractivity contribution in [2.45, 2.75) is 25.6 Å². The summed E-state index contributed by atoms with van der Waals surface area (Å²) in [6.07, 6.45) is 0.296. The minimum Gasteiger partial charge on any atom is -0.496 e. The predicted octanol–water partition coefficient (Wildman–Crippen LogP) is 3.41. The molecule has 0 radical (unpaired) electrons. The van der Waals surface area contributed by atoms with Gasteiger partial charge in [0.15, 0.2) is 0 Å². The number of ether oxygens (including phenoxy) is 1. The van der Waals surface area contributed by atoms with E-state index in [1.165, 1.54) is 18.2 Å². The van der Waals surface area contributed by atoms with Crippen molar-refractivity contribution >= 4 is 29.1 Å². The summed E-state index contributed by atoms with van der Waals surface area (Å²) in [5.41, 5.74) is 9.19. The Morgan fingerprint density at radius 2 is 1.88 bits per heavy atom. The number of methoxy groups -OCH3 is 1. The molecule has 1 amide bonds. The Labute approximate surface area is 151 Å². The van der Waals surface area contributed by atoms with Gasteiger partial charge in [-0.25, -0.2) is 0 Å². The van der Waals surface area contributed by atoms with Gasteiger partial charge in [0.05, 0.1) is 13.2 Å². The number of halogens is 2. The van der Waals surface area contributed by atoms with Gasteiger partial charge in [0.25, 0.3) is 0 Å². The van der Waals surface area contributed by atoms with Crippen molar-refractivity contribution in [3.8, 4) is 5.75 Å². The van der Waals surface area contributed by atoms with Crippen LogP contribution >= 0.6 is 23.2 Å². The van der Waals surface area contributed by atoms with E-state index in [0.717, 1.165) is 0 Å². The van der Waals surface area contributed by atoms with Gasteiger partial charge in [0.2, 0.25) is 5.91 Å². The average Bonchev–Trinajstić information content (AvgIpc) is 3.00. The molecule has 2 aromatic carbocycles. The zero-order valence-corrected chi connectivity index (χ0v) is 14.8. The van der Waals surface area contributed by atoms with Crippen LogP contribution in [0.1, 0.15) is 16.7 Å². The van der Waals surface area contributed by atoms with Crippen LogP contribution in [0.3, 0.4) is 0 Å². The van der Waals surface area contributed by atoms with Gasteiger partial charge in [-0.05, 0) is 23.3 Å². The summed E-state index contributed by atoms with van der Waals surface area (Å²) in [4.78, 5) is 14.5. The minimum absolute atomic E-state index is 0.0979. The highest BCUT2D eigenvalue weighted by atomic mass is 35.5. The summed E-state index contributed by atoms with van der Waals surface area (Å²) in [5, 5.41) is 0.933. The zero-order valence-electron chi connectivity index (χ0n) is 13.3. The van der Waals surface area contributed by atoms with Crippen LogP contribution in [0.15, 0.2) is 36.4 Å². The van der Waals surface area contributed by atoms with Gasteiger partial charge >= 0.3 is 0 Å². The number of fused-ring (bicyclic) bond motifs is 1. The van der Waals surface area contributed by atoms with Crippen molar-refractivity contribution in [3.05, 3.63) is 63.1 Å². The van der Waals surface area contributed by atoms with Crippen LogP contribution in [-0.4, -0.2) is 24.0 Å². The van der Waals surface area contributed by atoms with Crippen LogP contribution in [0.2, 0.25) is 10.0 Å². The Balaban J connectivity index is 1.74. The lowest BCUT2D eigenvalue weighted by molar-refractivity contribution is -0.133. The molecule has 0 saturated heterocycles. The van der Waals surface area contributed by atoms with Crippen LogP contribution in [0.4, 0.5) is 0 Å². The molecule has 0 aliphatic carbocycles. The Bertz CT molecular complexity index is 755. The summed E-state index contributed by atoms with van der Waals surface area (Å²) in [5.74, 6) is 0.444. The van der Waals surface area contributed by atoms with E-state index in [1.807, 2.05) is 24.3 Å². The number of nitrogens with zero attached hydrogens (tertiary/aromatic N) is 1. The molecule has 1 heterocycles. The number of carbonyl (C=O) groups is 1. The number of nitrogens with two attached hydrogens (primary N) is 1. The standard InChI is InChI=1S/C18H18Cl2N2O2/c1-24-17-7-13(19)6-15(20)14(17)8-16(21)18(23)22-9-11-4-2-3-5-12(11)10-22/h2-7,16H,8-10,21H2,1H3. The molecule has 0 fully saturated rings. The first-order chi connectivity index (χ1) is 11.5. The Morgan fingerprint density at radius 3 is 2.46 bits per heavy atom. The number of amides is 1. The normalized spacial score (nSPS) is 14.4. The number of hydrogen-bond acceptors (Lipinski definition) is 3. The van der Waals surface area contributed by atoms with Crippen LogP contribution < -0.4 is 10.5 Å². The molecule has 24 heavy (non-hydrogen) atoms. The number of carbonyl (C=O) groups excluding carboxylic acids is 1. The zero-order chi connectivity index (χ0) is 17.3. The van der Waals surface area contributed by atoms with Crippen molar-refractivity contribution in [1.82, 2.24) is 4.90 Å². The van der Waals surface area contributed by atoms with Crippen LogP contribution in [0.25, 0.3) is 0 Å². The molecule has 4 nitrogen and oxygen atoms in total. The highest BCUT2D eigenvalue weighted by Crippen LogP contribution is 2.32. The van der Waals surface area contributed by atoms with Gasteiger partial charge < -0.3 is 15.4 Å². The lowest BCUT2D eigenvalue weighted by Gasteiger charge is -2.21. The van der Waals surface area contributed by atoms with Gasteiger partial charge in [-0.2, -0.15) is 0 Å². The SMILES string of the molecule is COc1cc(Cl)cc(Cl)c1CC(N)C(=O)N1Cc2ccccc2C1. The first-order valence-corrected chi connectivity index (χ1v) is 8.38. The van der Waals surface area contributed by atoms with Gasteiger partial charge in [0.1, 0.15) is 5.75 Å². The second-order valence-electron chi connectivity index (χ2n) is 5.84. The Morgan fingerprint density at radius 1 is 1.25 bits per heavy atom. The molecule has 6 heteroatoms. The van der Waals surface area contributed by atoms with Crippen molar-refractivity contribution in [2.75, 3.05) is 7.11 Å². The van der Waals surface area contributed by atoms with Gasteiger partial charge in [-0.1, -0.05) is 47.5 Å². The second-order valence-corrected chi connectivity index (χ2v) is 6.69. The largest absolute Gasteiger partial charge is 0.496 e. The van der Waals surface area contributed by atoms with Crippen molar-refractivity contribution in [2.24, 2.45) is 5.73 Å². The third kappa shape index (κ3) is 3.36. The lowest BCUT2D eigenvalue weighted by Crippen LogP contribution is -2.42. The number of benzene rings is 2. The molecule has 2 aromatic rings. The minimum atomic E-state index is -0.688. The molecule has 126 valence electrons. The van der Waals surface area contributed by atoms with Gasteiger partial charge in [0, 0.05) is 35.1 Å². The Hall–Kier alpha value is -1.75. The van der Waals surface area contributed by atoms with Gasteiger partial charge in [-0.15, -0.1) is 0 Å². The highest BCUT2D eigenvalue weighted by molar-refractivity contribution is 6.35. The molecule has 2 N–H and O–H groups in total. The quantitative estimate of drug-likeness (QED) is 0.904. The highest BCUT2D eigenvalue weighted by Gasteiger charge is 2.28. The smallest absolute Gasteiger partial charge is 0.240 e. The van der Waals surface area contributed by atoms with Crippen LogP contribution in [0, 0.1) is 0 Å². The van der Waals surface area contributed by atoms with Crippen molar-refractivity contribution < 1.29 is 9.53 Å². The molecule has 1 atom stereocenters. The number of rotatable bonds is 4. The van der Waals surface area contributed by atoms with E-state index in [4.69, 9.17) is 33.7 Å². The summed E-state index contributed by atoms with van der Waals surface area (Å²) >= 11 is 12.2. The van der Waals surface area contributed by atoms with Crippen LogP contribution in [-0.2, 0) is 24.3 Å². The molecule has 3 rings (SSSR count). The fraction of sp³-hybridized carbons (Fsp3) is 0.278. The summed E-state index contributed by atoms with van der Waals surface area (Å²) < 4.78 is 5.31. The van der Waals surface area contributed by atoms with Crippen molar-refractivity contribution in [1.29, 1.82) is 0 Å². The summed E-state index contributed by atoms with van der Waals surface area (Å²) in [6.45, 7) is 1.18. The molecule has 1 aliphatic heterocycles. The van der Waals surface area contributed by atoms with Crippen LogP contribution in [0.5, 0.6) is 5.75 Å². The van der Waals surface area contributed by atoms with E-state index < -0.39 is 6.04 Å². The third-order valence-electron chi connectivity index (χ3n) is 4.23. The lowest BCUT2D eigenvalue weighted by atomic mass is 10.0. The van der Waals surface area contributed by atoms with E-state index >= 15 is 0 Å². The first kappa shape index (κ1) is 17.1. The fourth-order valence-corrected chi connectivity index (χ4v) is 3.54. The summed E-state index contributed by atoms with van der Waals surface area (Å²) in [6, 6.07) is 10.6. The summed E-state index contributed by atoms with van der Waals surface area (Å²) in [7, 11) is 1.54. The maximum Gasteiger partial charge on any atom is 0.240 e. The molecule has 1 aliphatic rings. The monoisotopic (exact) mass is 364 g/mol. The molecule has 1 unspecified atom stereocenters. The fourth-order valence-electron chi connectivity index (χ4n) is 2.99. The topological polar surface area (TPSA) is 55.6 Å². The second kappa shape index (κ2) is 7.01. The average molecular weight is 365 g/mol.